The van der Waals surface area contributed by atoms with Crippen LogP contribution in [0.5, 0.6) is 5.88 Å². The summed E-state index contributed by atoms with van der Waals surface area (Å²) in [7, 11) is 0. The Bertz CT molecular complexity index is 894. The van der Waals surface area contributed by atoms with E-state index in [1.807, 2.05) is 13.8 Å². The number of hydrogen-bond acceptors (Lipinski definition) is 4. The van der Waals surface area contributed by atoms with Gasteiger partial charge in [0.25, 0.3) is 0 Å². The Morgan fingerprint density at radius 1 is 1.23 bits per heavy atom. The zero-order valence-electron chi connectivity index (χ0n) is 18.1. The molecule has 3 rings (SSSR count). The number of aromatic nitrogens is 1. The average Bonchev–Trinajstić information content (AvgIpc) is 2.78. The van der Waals surface area contributed by atoms with Crippen molar-refractivity contribution in [1.82, 2.24) is 9.88 Å². The Hall–Kier alpha value is -2.54. The molecule has 0 radical (unpaired) electrons. The van der Waals surface area contributed by atoms with Crippen LogP contribution in [0.4, 0.5) is 8.78 Å². The summed E-state index contributed by atoms with van der Waals surface area (Å²) in [6.07, 6.45) is 2.98. The third kappa shape index (κ3) is 6.00. The van der Waals surface area contributed by atoms with Gasteiger partial charge in [0, 0.05) is 18.2 Å². The molecule has 168 valence electrons. The van der Waals surface area contributed by atoms with Gasteiger partial charge in [-0.2, -0.15) is 0 Å². The van der Waals surface area contributed by atoms with Crippen molar-refractivity contribution in [2.45, 2.75) is 45.2 Å². The molecule has 0 aliphatic carbocycles. The van der Waals surface area contributed by atoms with Crippen LogP contribution in [0.15, 0.2) is 36.4 Å². The first kappa shape index (κ1) is 23.1. The van der Waals surface area contributed by atoms with Crippen LogP contribution in [-0.4, -0.2) is 52.9 Å². The number of hydrogen-bond donors (Lipinski definition) is 1. The lowest BCUT2D eigenvalue weighted by molar-refractivity contribution is 0.0565. The lowest BCUT2D eigenvalue weighted by atomic mass is 9.94. The average molecular weight is 433 g/mol. The van der Waals surface area contributed by atoms with Crippen LogP contribution >= 0.6 is 0 Å². The fourth-order valence-electron chi connectivity index (χ4n) is 3.89. The summed E-state index contributed by atoms with van der Waals surface area (Å²) >= 11 is 0. The molecule has 1 N–H and O–H groups in total. The summed E-state index contributed by atoms with van der Waals surface area (Å²) in [5.74, 6) is -1.27. The number of carbonyl (C=O) groups is 1. The Balaban J connectivity index is 1.54. The first-order valence-electron chi connectivity index (χ1n) is 10.9. The van der Waals surface area contributed by atoms with Crippen LogP contribution < -0.4 is 4.74 Å². The number of rotatable bonds is 9. The van der Waals surface area contributed by atoms with Gasteiger partial charge < -0.3 is 14.7 Å². The number of nitrogens with zero attached hydrogens (tertiary/aromatic N) is 2. The van der Waals surface area contributed by atoms with Gasteiger partial charge in [-0.05, 0) is 62.9 Å². The number of alkyl halides is 1. The van der Waals surface area contributed by atoms with Crippen LogP contribution in [-0.2, 0) is 0 Å². The molecule has 1 saturated heterocycles. The van der Waals surface area contributed by atoms with Gasteiger partial charge in [0.15, 0.2) is 0 Å². The van der Waals surface area contributed by atoms with Gasteiger partial charge >= 0.3 is 5.97 Å². The number of ether oxygens (including phenoxy) is 1. The summed E-state index contributed by atoms with van der Waals surface area (Å²) in [6.45, 7) is 6.55. The number of carboxylic acids is 1. The summed E-state index contributed by atoms with van der Waals surface area (Å²) in [5, 5.41) is 8.96. The largest absolute Gasteiger partial charge is 0.478 e. The van der Waals surface area contributed by atoms with Crippen LogP contribution in [0.25, 0.3) is 11.3 Å². The summed E-state index contributed by atoms with van der Waals surface area (Å²) in [4.78, 5) is 17.6. The molecule has 2 heterocycles. The Morgan fingerprint density at radius 3 is 2.55 bits per heavy atom. The zero-order valence-corrected chi connectivity index (χ0v) is 18.1. The molecule has 1 fully saturated rings. The van der Waals surface area contributed by atoms with Gasteiger partial charge in [-0.15, -0.1) is 0 Å². The lowest BCUT2D eigenvalue weighted by Gasteiger charge is -2.36. The van der Waals surface area contributed by atoms with E-state index in [-0.39, 0.29) is 5.56 Å². The maximum Gasteiger partial charge on any atom is 0.338 e. The highest BCUT2D eigenvalue weighted by molar-refractivity contribution is 5.88. The fourth-order valence-corrected chi connectivity index (χ4v) is 3.89. The van der Waals surface area contributed by atoms with Crippen molar-refractivity contribution < 1.29 is 23.4 Å². The highest BCUT2D eigenvalue weighted by Gasteiger charge is 2.30. The van der Waals surface area contributed by atoms with E-state index in [2.05, 4.69) is 9.88 Å². The standard InChI is InChI=1S/C24H30F2N2O3/c1-3-24(26,4-2)16-28-12-10-17(11-13-28)15-31-22-7-5-6-21(27-22)18-8-9-19(23(29)30)20(25)14-18/h5-9,14,17H,3-4,10-13,15-16H2,1-2H3,(H,29,30). The molecule has 0 saturated carbocycles. The van der Waals surface area contributed by atoms with E-state index in [1.54, 1.807) is 18.2 Å². The second-order valence-corrected chi connectivity index (χ2v) is 8.25. The predicted octanol–water partition coefficient (Wildman–Crippen LogP) is 5.21. The van der Waals surface area contributed by atoms with Crippen molar-refractivity contribution in [2.24, 2.45) is 5.92 Å². The van der Waals surface area contributed by atoms with E-state index in [1.165, 1.54) is 18.2 Å². The molecule has 5 nitrogen and oxygen atoms in total. The van der Waals surface area contributed by atoms with Gasteiger partial charge in [0.2, 0.25) is 5.88 Å². The number of benzene rings is 1. The topological polar surface area (TPSA) is 62.7 Å². The van der Waals surface area contributed by atoms with Crippen molar-refractivity contribution in [3.63, 3.8) is 0 Å². The van der Waals surface area contributed by atoms with E-state index in [0.717, 1.165) is 25.9 Å². The quantitative estimate of drug-likeness (QED) is 0.590. The lowest BCUT2D eigenvalue weighted by Crippen LogP contribution is -2.44. The minimum atomic E-state index is -1.30. The summed E-state index contributed by atoms with van der Waals surface area (Å²) in [5.41, 5.74) is -0.467. The zero-order chi connectivity index (χ0) is 22.4. The monoisotopic (exact) mass is 432 g/mol. The van der Waals surface area contributed by atoms with Gasteiger partial charge in [-0.25, -0.2) is 18.6 Å². The smallest absolute Gasteiger partial charge is 0.338 e. The first-order valence-corrected chi connectivity index (χ1v) is 10.9. The van der Waals surface area contributed by atoms with Crippen LogP contribution in [0.3, 0.4) is 0 Å². The Labute approximate surface area is 182 Å². The number of pyridine rings is 1. The maximum absolute atomic E-state index is 14.6. The highest BCUT2D eigenvalue weighted by Crippen LogP contribution is 2.26. The first-order chi connectivity index (χ1) is 14.8. The molecule has 1 aliphatic rings. The van der Waals surface area contributed by atoms with Gasteiger partial charge in [-0.1, -0.05) is 26.0 Å². The second-order valence-electron chi connectivity index (χ2n) is 8.25. The summed E-state index contributed by atoms with van der Waals surface area (Å²) in [6, 6.07) is 9.19. The molecule has 1 aromatic heterocycles. The molecule has 0 unspecified atom stereocenters. The van der Waals surface area contributed by atoms with Crippen LogP contribution in [0.2, 0.25) is 0 Å². The number of halogens is 2. The molecule has 2 aromatic rings. The normalized spacial score (nSPS) is 15.7. The van der Waals surface area contributed by atoms with Crippen molar-refractivity contribution in [3.05, 3.63) is 47.8 Å². The van der Waals surface area contributed by atoms with E-state index >= 15 is 0 Å². The third-order valence-corrected chi connectivity index (χ3v) is 6.17. The molecule has 1 aromatic carbocycles. The molecule has 0 amide bonds. The number of carboxylic acid groups (broad SMARTS) is 1. The molecular formula is C24H30F2N2O3. The van der Waals surface area contributed by atoms with E-state index < -0.39 is 17.5 Å². The van der Waals surface area contributed by atoms with Crippen LogP contribution in [0, 0.1) is 11.7 Å². The molecule has 0 bridgehead atoms. The fraction of sp³-hybridized carbons (Fsp3) is 0.500. The third-order valence-electron chi connectivity index (χ3n) is 6.17. The summed E-state index contributed by atoms with van der Waals surface area (Å²) < 4.78 is 34.5. The van der Waals surface area contributed by atoms with E-state index in [9.17, 15) is 13.6 Å². The maximum atomic E-state index is 14.6. The Morgan fingerprint density at radius 2 is 1.94 bits per heavy atom. The number of likely N-dealkylation sites (tertiary alicyclic amines) is 1. The van der Waals surface area contributed by atoms with Crippen molar-refractivity contribution in [3.8, 4) is 17.1 Å². The molecule has 31 heavy (non-hydrogen) atoms. The van der Waals surface area contributed by atoms with Gasteiger partial charge in [-0.3, -0.25) is 0 Å². The molecule has 7 heteroatoms. The van der Waals surface area contributed by atoms with E-state index in [4.69, 9.17) is 9.84 Å². The molecule has 0 spiro atoms. The van der Waals surface area contributed by atoms with Crippen molar-refractivity contribution in [1.29, 1.82) is 0 Å². The Kier molecular flexibility index (Phi) is 7.59. The number of piperidine rings is 1. The molecular weight excluding hydrogens is 402 g/mol. The molecule has 1 aliphatic heterocycles. The van der Waals surface area contributed by atoms with Crippen molar-refractivity contribution in [2.75, 3.05) is 26.2 Å². The molecule has 0 atom stereocenters. The SMILES string of the molecule is CCC(F)(CC)CN1CCC(COc2cccc(-c3ccc(C(=O)O)c(F)c3)n2)CC1. The van der Waals surface area contributed by atoms with Crippen molar-refractivity contribution >= 4 is 5.97 Å². The highest BCUT2D eigenvalue weighted by atomic mass is 19.1. The predicted molar refractivity (Wildman–Crippen MR) is 116 cm³/mol. The van der Waals surface area contributed by atoms with Crippen LogP contribution in [0.1, 0.15) is 49.9 Å². The minimum Gasteiger partial charge on any atom is -0.478 e. The number of aromatic carboxylic acids is 1. The minimum absolute atomic E-state index is 0.370. The second kappa shape index (κ2) is 10.2. The van der Waals surface area contributed by atoms with Gasteiger partial charge in [0.1, 0.15) is 11.5 Å². The van der Waals surface area contributed by atoms with E-state index in [0.29, 0.717) is 49.0 Å². The van der Waals surface area contributed by atoms with Gasteiger partial charge in [0.05, 0.1) is 17.9 Å².